The van der Waals surface area contributed by atoms with Gasteiger partial charge in [0.2, 0.25) is 0 Å². The predicted molar refractivity (Wildman–Crippen MR) is 70.1 cm³/mol. The lowest BCUT2D eigenvalue weighted by atomic mass is 9.90. The van der Waals surface area contributed by atoms with Gasteiger partial charge in [0.1, 0.15) is 5.75 Å². The maximum Gasteiger partial charge on any atom is 0.118 e. The summed E-state index contributed by atoms with van der Waals surface area (Å²) in [6.07, 6.45) is 0.986. The van der Waals surface area contributed by atoms with Crippen LogP contribution in [0.4, 0.5) is 0 Å². The molecular weight excluding hydrogens is 214 g/mol. The van der Waals surface area contributed by atoms with Gasteiger partial charge in [0.05, 0.1) is 13.7 Å². The van der Waals surface area contributed by atoms with Crippen molar-refractivity contribution >= 4 is 0 Å². The summed E-state index contributed by atoms with van der Waals surface area (Å²) in [7, 11) is 1.67. The normalized spacial score (nSPS) is 11.5. The zero-order chi connectivity index (χ0) is 12.7. The van der Waals surface area contributed by atoms with Gasteiger partial charge in [-0.25, -0.2) is 0 Å². The van der Waals surface area contributed by atoms with Crippen LogP contribution in [-0.2, 0) is 11.3 Å². The van der Waals surface area contributed by atoms with Gasteiger partial charge in [-0.05, 0) is 36.1 Å². The van der Waals surface area contributed by atoms with Gasteiger partial charge in [-0.1, -0.05) is 26.0 Å². The Hall–Kier alpha value is -1.06. The molecule has 0 radical (unpaired) electrons. The van der Waals surface area contributed by atoms with E-state index in [4.69, 9.17) is 15.2 Å². The molecule has 0 aliphatic carbocycles. The Labute approximate surface area is 104 Å². The lowest BCUT2D eigenvalue weighted by Gasteiger charge is -2.21. The van der Waals surface area contributed by atoms with E-state index in [2.05, 4.69) is 13.8 Å². The third-order valence-electron chi connectivity index (χ3n) is 2.90. The van der Waals surface area contributed by atoms with E-state index >= 15 is 0 Å². The molecule has 0 bridgehead atoms. The van der Waals surface area contributed by atoms with Gasteiger partial charge in [-0.3, -0.25) is 0 Å². The Morgan fingerprint density at radius 3 is 2.35 bits per heavy atom. The highest BCUT2D eigenvalue weighted by Gasteiger charge is 2.14. The summed E-state index contributed by atoms with van der Waals surface area (Å²) >= 11 is 0. The number of hydrogen-bond acceptors (Lipinski definition) is 3. The van der Waals surface area contributed by atoms with Crippen molar-refractivity contribution in [3.8, 4) is 5.75 Å². The second-order valence-corrected chi connectivity index (χ2v) is 5.02. The van der Waals surface area contributed by atoms with E-state index in [-0.39, 0.29) is 5.41 Å². The summed E-state index contributed by atoms with van der Waals surface area (Å²) in [5, 5.41) is 0. The predicted octanol–water partition coefficient (Wildman–Crippen LogP) is 2.59. The standard InChI is InChI=1S/C14H23NO2/c1-14(2,11-15)8-9-17-10-12-4-6-13(16-3)7-5-12/h4-7H,8-11,15H2,1-3H3. The van der Waals surface area contributed by atoms with E-state index in [0.717, 1.165) is 24.3 Å². The van der Waals surface area contributed by atoms with Crippen LogP contribution < -0.4 is 10.5 Å². The zero-order valence-corrected chi connectivity index (χ0v) is 11.0. The third-order valence-corrected chi connectivity index (χ3v) is 2.90. The zero-order valence-electron chi connectivity index (χ0n) is 11.0. The molecule has 1 rings (SSSR count). The largest absolute Gasteiger partial charge is 0.497 e. The van der Waals surface area contributed by atoms with E-state index in [0.29, 0.717) is 13.2 Å². The molecule has 96 valence electrons. The van der Waals surface area contributed by atoms with Crippen molar-refractivity contribution < 1.29 is 9.47 Å². The molecule has 0 fully saturated rings. The number of rotatable bonds is 7. The number of ether oxygens (including phenoxy) is 2. The highest BCUT2D eigenvalue weighted by atomic mass is 16.5. The van der Waals surface area contributed by atoms with Crippen LogP contribution in [0, 0.1) is 5.41 Å². The summed E-state index contributed by atoms with van der Waals surface area (Å²) in [4.78, 5) is 0. The Morgan fingerprint density at radius 2 is 1.82 bits per heavy atom. The van der Waals surface area contributed by atoms with Crippen LogP contribution >= 0.6 is 0 Å². The minimum absolute atomic E-state index is 0.167. The molecule has 0 saturated heterocycles. The first-order valence-corrected chi connectivity index (χ1v) is 5.98. The molecule has 0 atom stereocenters. The topological polar surface area (TPSA) is 44.5 Å². The van der Waals surface area contributed by atoms with E-state index in [1.165, 1.54) is 0 Å². The smallest absolute Gasteiger partial charge is 0.118 e. The Balaban J connectivity index is 2.26. The fraction of sp³-hybridized carbons (Fsp3) is 0.571. The molecule has 3 heteroatoms. The molecule has 0 aliphatic heterocycles. The number of hydrogen-bond donors (Lipinski definition) is 1. The van der Waals surface area contributed by atoms with Crippen LogP contribution in [0.15, 0.2) is 24.3 Å². The van der Waals surface area contributed by atoms with Crippen LogP contribution in [0.1, 0.15) is 25.8 Å². The van der Waals surface area contributed by atoms with Gasteiger partial charge in [-0.2, -0.15) is 0 Å². The highest BCUT2D eigenvalue weighted by molar-refractivity contribution is 5.26. The number of nitrogens with two attached hydrogens (primary N) is 1. The molecule has 0 heterocycles. The van der Waals surface area contributed by atoms with Gasteiger partial charge in [0, 0.05) is 6.61 Å². The third kappa shape index (κ3) is 5.20. The molecule has 1 aromatic carbocycles. The number of methoxy groups -OCH3 is 1. The lowest BCUT2D eigenvalue weighted by Crippen LogP contribution is -2.25. The molecular formula is C14H23NO2. The van der Waals surface area contributed by atoms with Crippen molar-refractivity contribution in [3.05, 3.63) is 29.8 Å². The molecule has 0 spiro atoms. The van der Waals surface area contributed by atoms with Gasteiger partial charge >= 0.3 is 0 Å². The Morgan fingerprint density at radius 1 is 1.18 bits per heavy atom. The van der Waals surface area contributed by atoms with E-state index in [9.17, 15) is 0 Å². The van der Waals surface area contributed by atoms with Gasteiger partial charge < -0.3 is 15.2 Å². The first-order chi connectivity index (χ1) is 8.07. The highest BCUT2D eigenvalue weighted by Crippen LogP contribution is 2.18. The van der Waals surface area contributed by atoms with Crippen molar-refractivity contribution in [2.45, 2.75) is 26.9 Å². The minimum atomic E-state index is 0.167. The van der Waals surface area contributed by atoms with Crippen molar-refractivity contribution in [2.75, 3.05) is 20.3 Å². The number of benzene rings is 1. The van der Waals surface area contributed by atoms with Crippen LogP contribution in [0.5, 0.6) is 5.75 Å². The van der Waals surface area contributed by atoms with Gasteiger partial charge in [-0.15, -0.1) is 0 Å². The van der Waals surface area contributed by atoms with Crippen LogP contribution in [0.2, 0.25) is 0 Å². The summed E-state index contributed by atoms with van der Waals surface area (Å²) in [6.45, 7) is 6.40. The Bertz CT molecular complexity index is 319. The first kappa shape index (κ1) is 14.0. The average Bonchev–Trinajstić information content (AvgIpc) is 2.35. The lowest BCUT2D eigenvalue weighted by molar-refractivity contribution is 0.0939. The molecule has 0 aliphatic rings. The fourth-order valence-electron chi connectivity index (χ4n) is 1.36. The SMILES string of the molecule is COc1ccc(COCCC(C)(C)CN)cc1. The minimum Gasteiger partial charge on any atom is -0.497 e. The average molecular weight is 237 g/mol. The van der Waals surface area contributed by atoms with Gasteiger partial charge in [0.25, 0.3) is 0 Å². The van der Waals surface area contributed by atoms with E-state index < -0.39 is 0 Å². The quantitative estimate of drug-likeness (QED) is 0.741. The fourth-order valence-corrected chi connectivity index (χ4v) is 1.36. The molecule has 0 saturated carbocycles. The maximum absolute atomic E-state index is 5.66. The molecule has 2 N–H and O–H groups in total. The Kier molecular flexibility index (Phi) is 5.45. The van der Waals surface area contributed by atoms with Crippen molar-refractivity contribution in [3.63, 3.8) is 0 Å². The van der Waals surface area contributed by atoms with Crippen LogP contribution in [0.3, 0.4) is 0 Å². The molecule has 17 heavy (non-hydrogen) atoms. The maximum atomic E-state index is 5.66. The first-order valence-electron chi connectivity index (χ1n) is 5.98. The van der Waals surface area contributed by atoms with Gasteiger partial charge in [0.15, 0.2) is 0 Å². The van der Waals surface area contributed by atoms with Crippen molar-refractivity contribution in [1.82, 2.24) is 0 Å². The summed E-state index contributed by atoms with van der Waals surface area (Å²) < 4.78 is 10.7. The van der Waals surface area contributed by atoms with E-state index in [1.54, 1.807) is 7.11 Å². The van der Waals surface area contributed by atoms with Crippen LogP contribution in [0.25, 0.3) is 0 Å². The summed E-state index contributed by atoms with van der Waals surface area (Å²) in [5.41, 5.74) is 6.99. The monoisotopic (exact) mass is 237 g/mol. The van der Waals surface area contributed by atoms with Crippen LogP contribution in [-0.4, -0.2) is 20.3 Å². The second kappa shape index (κ2) is 6.62. The molecule has 3 nitrogen and oxygen atoms in total. The molecule has 0 unspecified atom stereocenters. The van der Waals surface area contributed by atoms with Crippen molar-refractivity contribution in [2.24, 2.45) is 11.1 Å². The van der Waals surface area contributed by atoms with E-state index in [1.807, 2.05) is 24.3 Å². The van der Waals surface area contributed by atoms with Crippen molar-refractivity contribution in [1.29, 1.82) is 0 Å². The summed E-state index contributed by atoms with van der Waals surface area (Å²) in [6, 6.07) is 7.94. The molecule has 1 aromatic rings. The molecule has 0 amide bonds. The summed E-state index contributed by atoms with van der Waals surface area (Å²) in [5.74, 6) is 0.873. The molecule has 0 aromatic heterocycles. The second-order valence-electron chi connectivity index (χ2n) is 5.02.